The number of hydrogen-bond donors (Lipinski definition) is 0. The van der Waals surface area contributed by atoms with E-state index in [4.69, 9.17) is 4.42 Å². The van der Waals surface area contributed by atoms with Gasteiger partial charge in [0.15, 0.2) is 0 Å². The molecule has 0 aliphatic carbocycles. The zero-order valence-corrected chi connectivity index (χ0v) is 16.3. The summed E-state index contributed by atoms with van der Waals surface area (Å²) in [5, 5.41) is 8.12. The molecule has 0 aliphatic rings. The highest BCUT2D eigenvalue weighted by Crippen LogP contribution is 2.27. The minimum atomic E-state index is -3.55. The molecule has 3 aromatic carbocycles. The van der Waals surface area contributed by atoms with E-state index in [-0.39, 0.29) is 9.79 Å². The van der Waals surface area contributed by atoms with Crippen LogP contribution in [0, 0.1) is 0 Å². The van der Waals surface area contributed by atoms with Gasteiger partial charge in [-0.1, -0.05) is 34.1 Å². The molecule has 0 saturated heterocycles. The number of benzene rings is 3. The van der Waals surface area contributed by atoms with Crippen molar-refractivity contribution in [1.29, 1.82) is 0 Å². The van der Waals surface area contributed by atoms with Crippen LogP contribution in [0.5, 0.6) is 0 Å². The second-order valence-electron chi connectivity index (χ2n) is 5.76. The molecule has 0 atom stereocenters. The van der Waals surface area contributed by atoms with E-state index >= 15 is 0 Å². The van der Waals surface area contributed by atoms with Crippen molar-refractivity contribution in [2.45, 2.75) is 9.79 Å². The summed E-state index contributed by atoms with van der Waals surface area (Å²) in [6.45, 7) is 0. The highest BCUT2D eigenvalue weighted by Gasteiger charge is 2.18. The second kappa shape index (κ2) is 7.09. The average molecular weight is 441 g/mol. The monoisotopic (exact) mass is 440 g/mol. The van der Waals surface area contributed by atoms with Gasteiger partial charge in [-0.05, 0) is 60.7 Å². The third-order valence-electron chi connectivity index (χ3n) is 3.98. The number of rotatable bonds is 4. The molecule has 1 aromatic heterocycles. The fraction of sp³-hybridized carbons (Fsp3) is 0. The van der Waals surface area contributed by atoms with E-state index in [0.29, 0.717) is 17.3 Å². The molecule has 0 fully saturated rings. The van der Waals surface area contributed by atoms with Crippen molar-refractivity contribution in [2.24, 2.45) is 0 Å². The quantitative estimate of drug-likeness (QED) is 0.446. The van der Waals surface area contributed by atoms with Gasteiger partial charge in [0.25, 0.3) is 0 Å². The Balaban J connectivity index is 1.63. The Hall–Kier alpha value is -2.77. The smallest absolute Gasteiger partial charge is 0.248 e. The summed E-state index contributed by atoms with van der Waals surface area (Å²) in [6.07, 6.45) is 0. The molecule has 0 bridgehead atoms. The Morgan fingerprint density at radius 3 is 1.70 bits per heavy atom. The summed E-state index contributed by atoms with van der Waals surface area (Å²) in [5.74, 6) is 0.732. The molecule has 0 spiro atoms. The lowest BCUT2D eigenvalue weighted by Crippen LogP contribution is -2.01. The largest absolute Gasteiger partial charge is 0.416 e. The molecule has 7 heteroatoms. The van der Waals surface area contributed by atoms with E-state index < -0.39 is 9.84 Å². The molecule has 0 unspecified atom stereocenters. The zero-order chi connectivity index (χ0) is 18.9. The van der Waals surface area contributed by atoms with Gasteiger partial charge < -0.3 is 4.42 Å². The van der Waals surface area contributed by atoms with Gasteiger partial charge in [0.2, 0.25) is 21.6 Å². The molecule has 0 N–H and O–H groups in total. The van der Waals surface area contributed by atoms with Crippen molar-refractivity contribution in [3.63, 3.8) is 0 Å². The van der Waals surface area contributed by atoms with Gasteiger partial charge in [-0.3, -0.25) is 0 Å². The molecule has 0 saturated carbocycles. The van der Waals surface area contributed by atoms with E-state index in [1.54, 1.807) is 54.6 Å². The van der Waals surface area contributed by atoms with Crippen LogP contribution >= 0.6 is 15.9 Å². The first-order chi connectivity index (χ1) is 13.0. The summed E-state index contributed by atoms with van der Waals surface area (Å²) in [7, 11) is -3.55. The highest BCUT2D eigenvalue weighted by molar-refractivity contribution is 9.10. The lowest BCUT2D eigenvalue weighted by atomic mass is 10.2. The predicted molar refractivity (Wildman–Crippen MR) is 105 cm³/mol. The van der Waals surface area contributed by atoms with E-state index in [9.17, 15) is 8.42 Å². The van der Waals surface area contributed by atoms with E-state index in [1.165, 1.54) is 0 Å². The minimum absolute atomic E-state index is 0.213. The van der Waals surface area contributed by atoms with Crippen molar-refractivity contribution in [2.75, 3.05) is 0 Å². The second-order valence-corrected chi connectivity index (χ2v) is 8.63. The average Bonchev–Trinajstić information content (AvgIpc) is 3.19. The molecule has 27 heavy (non-hydrogen) atoms. The van der Waals surface area contributed by atoms with Gasteiger partial charge in [0, 0.05) is 15.6 Å². The van der Waals surface area contributed by atoms with Crippen molar-refractivity contribution in [1.82, 2.24) is 10.2 Å². The first kappa shape index (κ1) is 17.6. The first-order valence-electron chi connectivity index (χ1n) is 8.04. The van der Waals surface area contributed by atoms with Crippen LogP contribution in [0.1, 0.15) is 0 Å². The SMILES string of the molecule is O=S(=O)(c1ccccc1)c1ccc(-c2nnc(-c3ccc(Br)cc3)o2)cc1. The Labute approximate surface area is 164 Å². The molecule has 4 rings (SSSR count). The number of hydrogen-bond acceptors (Lipinski definition) is 5. The van der Waals surface area contributed by atoms with Crippen molar-refractivity contribution in [3.8, 4) is 22.9 Å². The maximum absolute atomic E-state index is 12.6. The topological polar surface area (TPSA) is 73.1 Å². The molecule has 134 valence electrons. The van der Waals surface area contributed by atoms with Crippen LogP contribution < -0.4 is 0 Å². The number of aromatic nitrogens is 2. The standard InChI is InChI=1S/C20H13BrN2O3S/c21-16-10-6-14(7-11-16)19-22-23-20(26-19)15-8-12-18(13-9-15)27(24,25)17-4-2-1-3-5-17/h1-13H. The van der Waals surface area contributed by atoms with Crippen LogP contribution in [0.3, 0.4) is 0 Å². The summed E-state index contributed by atoms with van der Waals surface area (Å²) < 4.78 is 32.0. The fourth-order valence-corrected chi connectivity index (χ4v) is 4.11. The van der Waals surface area contributed by atoms with Gasteiger partial charge >= 0.3 is 0 Å². The molecule has 5 nitrogen and oxygen atoms in total. The lowest BCUT2D eigenvalue weighted by molar-refractivity contribution is 0.584. The van der Waals surface area contributed by atoms with Crippen molar-refractivity contribution < 1.29 is 12.8 Å². The molecule has 1 heterocycles. The highest BCUT2D eigenvalue weighted by atomic mass is 79.9. The maximum atomic E-state index is 12.6. The molecular formula is C20H13BrN2O3S. The summed E-state index contributed by atoms with van der Waals surface area (Å²) >= 11 is 3.38. The number of nitrogens with zero attached hydrogens (tertiary/aromatic N) is 2. The Morgan fingerprint density at radius 2 is 1.15 bits per heavy atom. The molecule has 4 aromatic rings. The lowest BCUT2D eigenvalue weighted by Gasteiger charge is -2.04. The van der Waals surface area contributed by atoms with Crippen molar-refractivity contribution >= 4 is 25.8 Å². The minimum Gasteiger partial charge on any atom is -0.416 e. The fourth-order valence-electron chi connectivity index (χ4n) is 2.56. The molecule has 0 amide bonds. The van der Waals surface area contributed by atoms with Crippen LogP contribution in [0.2, 0.25) is 0 Å². The van der Waals surface area contributed by atoms with Crippen LogP contribution in [0.15, 0.2) is 97.5 Å². The Morgan fingerprint density at radius 1 is 0.667 bits per heavy atom. The van der Waals surface area contributed by atoms with E-state index in [0.717, 1.165) is 10.0 Å². The van der Waals surface area contributed by atoms with Crippen LogP contribution in [0.4, 0.5) is 0 Å². The predicted octanol–water partition coefficient (Wildman–Crippen LogP) is 5.00. The summed E-state index contributed by atoms with van der Waals surface area (Å²) in [6, 6.07) is 22.3. The molecule has 0 radical (unpaired) electrons. The van der Waals surface area contributed by atoms with E-state index in [1.807, 2.05) is 24.3 Å². The first-order valence-corrected chi connectivity index (χ1v) is 10.3. The number of sulfone groups is 1. The normalized spacial score (nSPS) is 11.4. The summed E-state index contributed by atoms with van der Waals surface area (Å²) in [4.78, 5) is 0.471. The van der Waals surface area contributed by atoms with Crippen LogP contribution in [-0.4, -0.2) is 18.6 Å². The van der Waals surface area contributed by atoms with Gasteiger partial charge in [-0.15, -0.1) is 10.2 Å². The number of halogens is 1. The Bertz CT molecular complexity index is 1170. The third-order valence-corrected chi connectivity index (χ3v) is 6.30. The third kappa shape index (κ3) is 3.56. The van der Waals surface area contributed by atoms with Gasteiger partial charge in [0.1, 0.15) is 0 Å². The Kier molecular flexibility index (Phi) is 4.63. The van der Waals surface area contributed by atoms with Crippen LogP contribution in [-0.2, 0) is 9.84 Å². The van der Waals surface area contributed by atoms with Crippen molar-refractivity contribution in [3.05, 3.63) is 83.3 Å². The summed E-state index contributed by atoms with van der Waals surface area (Å²) in [5.41, 5.74) is 1.46. The van der Waals surface area contributed by atoms with Gasteiger partial charge in [-0.2, -0.15) is 0 Å². The zero-order valence-electron chi connectivity index (χ0n) is 13.9. The van der Waals surface area contributed by atoms with Gasteiger partial charge in [-0.25, -0.2) is 8.42 Å². The molecular weight excluding hydrogens is 428 g/mol. The maximum Gasteiger partial charge on any atom is 0.248 e. The van der Waals surface area contributed by atoms with Crippen LogP contribution in [0.25, 0.3) is 22.9 Å². The molecule has 0 aliphatic heterocycles. The van der Waals surface area contributed by atoms with Gasteiger partial charge in [0.05, 0.1) is 9.79 Å². The van der Waals surface area contributed by atoms with E-state index in [2.05, 4.69) is 26.1 Å².